The van der Waals surface area contributed by atoms with Gasteiger partial charge in [0.15, 0.2) is 0 Å². The molecule has 0 aromatic carbocycles. The average Bonchev–Trinajstić information content (AvgIpc) is 2.89. The Bertz CT molecular complexity index is 402. The molecule has 0 aromatic rings. The van der Waals surface area contributed by atoms with Crippen molar-refractivity contribution in [3.8, 4) is 0 Å². The first-order chi connectivity index (χ1) is 9.93. The van der Waals surface area contributed by atoms with E-state index < -0.39 is 12.0 Å². The summed E-state index contributed by atoms with van der Waals surface area (Å²) in [4.78, 5) is 28.1. The molecule has 2 heterocycles. The molecular weight excluding hydrogens is 270 g/mol. The number of carboxylic acids is 1. The van der Waals surface area contributed by atoms with Crippen LogP contribution in [0.15, 0.2) is 0 Å². The third-order valence-corrected chi connectivity index (χ3v) is 4.96. The molecule has 0 spiro atoms. The van der Waals surface area contributed by atoms with E-state index in [4.69, 9.17) is 0 Å². The Morgan fingerprint density at radius 1 is 1.38 bits per heavy atom. The Labute approximate surface area is 126 Å². The van der Waals surface area contributed by atoms with Gasteiger partial charge in [-0.15, -0.1) is 0 Å². The minimum absolute atomic E-state index is 0.0745. The monoisotopic (exact) mass is 297 g/mol. The molecule has 2 aliphatic rings. The normalized spacial score (nSPS) is 28.8. The molecule has 2 fully saturated rings. The molecule has 2 rings (SSSR count). The van der Waals surface area contributed by atoms with Crippen molar-refractivity contribution >= 4 is 12.0 Å². The second-order valence-corrected chi connectivity index (χ2v) is 6.44. The van der Waals surface area contributed by atoms with Gasteiger partial charge in [0.2, 0.25) is 0 Å². The minimum Gasteiger partial charge on any atom is -0.480 e. The van der Waals surface area contributed by atoms with Crippen molar-refractivity contribution in [1.82, 2.24) is 15.1 Å². The van der Waals surface area contributed by atoms with Gasteiger partial charge in [-0.05, 0) is 32.2 Å². The van der Waals surface area contributed by atoms with E-state index in [1.165, 1.54) is 6.42 Å². The summed E-state index contributed by atoms with van der Waals surface area (Å²) in [6.07, 6.45) is 3.05. The number of amides is 2. The summed E-state index contributed by atoms with van der Waals surface area (Å²) in [5, 5.41) is 12.0. The van der Waals surface area contributed by atoms with Gasteiger partial charge in [-0.2, -0.15) is 0 Å². The molecule has 4 atom stereocenters. The van der Waals surface area contributed by atoms with Crippen LogP contribution in [-0.2, 0) is 4.79 Å². The number of fused-ring (bicyclic) bond motifs is 1. The molecule has 0 radical (unpaired) electrons. The number of carbonyl (C=O) groups excluding carboxylic acids is 1. The topological polar surface area (TPSA) is 72.9 Å². The Hall–Kier alpha value is -1.30. The summed E-state index contributed by atoms with van der Waals surface area (Å²) in [5.74, 6) is -1.03. The number of aliphatic carboxylic acids is 1. The highest BCUT2D eigenvalue weighted by molar-refractivity contribution is 5.83. The summed E-state index contributed by atoms with van der Waals surface area (Å²) in [6.45, 7) is 8.55. The van der Waals surface area contributed by atoms with Crippen LogP contribution in [0.1, 0.15) is 40.0 Å². The second kappa shape index (κ2) is 6.64. The number of hydrogen-bond acceptors (Lipinski definition) is 3. The lowest BCUT2D eigenvalue weighted by Gasteiger charge is -2.42. The van der Waals surface area contributed by atoms with Crippen LogP contribution in [0, 0.1) is 5.92 Å². The van der Waals surface area contributed by atoms with Gasteiger partial charge in [-0.1, -0.05) is 20.3 Å². The van der Waals surface area contributed by atoms with E-state index >= 15 is 0 Å². The van der Waals surface area contributed by atoms with Crippen LogP contribution < -0.4 is 5.32 Å². The van der Waals surface area contributed by atoms with Gasteiger partial charge in [0.25, 0.3) is 0 Å². The number of carbonyl (C=O) groups is 2. The first-order valence-corrected chi connectivity index (χ1v) is 7.98. The molecule has 0 aliphatic carbocycles. The van der Waals surface area contributed by atoms with Crippen LogP contribution in [0.2, 0.25) is 0 Å². The predicted octanol–water partition coefficient (Wildman–Crippen LogP) is 1.36. The fourth-order valence-corrected chi connectivity index (χ4v) is 3.37. The largest absolute Gasteiger partial charge is 0.480 e. The van der Waals surface area contributed by atoms with Crippen molar-refractivity contribution in [2.45, 2.75) is 58.2 Å². The number of nitrogens with one attached hydrogen (secondary N) is 1. The van der Waals surface area contributed by atoms with Crippen LogP contribution in [0.5, 0.6) is 0 Å². The minimum atomic E-state index is -0.954. The molecule has 0 bridgehead atoms. The number of rotatable bonds is 4. The van der Waals surface area contributed by atoms with E-state index in [9.17, 15) is 14.7 Å². The van der Waals surface area contributed by atoms with Crippen molar-refractivity contribution in [1.29, 1.82) is 0 Å². The van der Waals surface area contributed by atoms with Crippen LogP contribution in [0.3, 0.4) is 0 Å². The van der Waals surface area contributed by atoms with Crippen LogP contribution in [-0.4, -0.2) is 64.7 Å². The Morgan fingerprint density at radius 2 is 2.10 bits per heavy atom. The molecule has 2 amide bonds. The van der Waals surface area contributed by atoms with Crippen LogP contribution >= 0.6 is 0 Å². The number of hydrogen-bond donors (Lipinski definition) is 2. The van der Waals surface area contributed by atoms with E-state index in [0.717, 1.165) is 25.9 Å². The fraction of sp³-hybridized carbons (Fsp3) is 0.867. The highest BCUT2D eigenvalue weighted by Crippen LogP contribution is 2.24. The van der Waals surface area contributed by atoms with Crippen LogP contribution in [0.25, 0.3) is 0 Å². The molecule has 21 heavy (non-hydrogen) atoms. The van der Waals surface area contributed by atoms with Crippen molar-refractivity contribution in [2.75, 3.05) is 19.6 Å². The summed E-state index contributed by atoms with van der Waals surface area (Å²) in [5.41, 5.74) is 0. The summed E-state index contributed by atoms with van der Waals surface area (Å²) < 4.78 is 0. The number of urea groups is 1. The maximum absolute atomic E-state index is 12.5. The number of piperazine rings is 1. The van der Waals surface area contributed by atoms with Crippen molar-refractivity contribution in [3.63, 3.8) is 0 Å². The van der Waals surface area contributed by atoms with Gasteiger partial charge in [0.1, 0.15) is 6.04 Å². The molecule has 6 heteroatoms. The summed E-state index contributed by atoms with van der Waals surface area (Å²) >= 11 is 0. The number of nitrogens with zero attached hydrogens (tertiary/aromatic N) is 2. The fourth-order valence-electron chi connectivity index (χ4n) is 3.37. The number of carboxylic acid groups (broad SMARTS) is 1. The molecule has 3 unspecified atom stereocenters. The highest BCUT2D eigenvalue weighted by Gasteiger charge is 2.37. The van der Waals surface area contributed by atoms with Crippen molar-refractivity contribution < 1.29 is 14.7 Å². The van der Waals surface area contributed by atoms with Crippen molar-refractivity contribution in [3.05, 3.63) is 0 Å². The quantitative estimate of drug-likeness (QED) is 0.822. The molecule has 6 nitrogen and oxygen atoms in total. The zero-order chi connectivity index (χ0) is 15.6. The van der Waals surface area contributed by atoms with Gasteiger partial charge in [0, 0.05) is 25.2 Å². The maximum atomic E-state index is 12.5. The second-order valence-electron chi connectivity index (χ2n) is 6.44. The van der Waals surface area contributed by atoms with E-state index in [0.29, 0.717) is 12.6 Å². The van der Waals surface area contributed by atoms with E-state index in [1.54, 1.807) is 0 Å². The van der Waals surface area contributed by atoms with Gasteiger partial charge >= 0.3 is 12.0 Å². The Balaban J connectivity index is 1.99. The van der Waals surface area contributed by atoms with Gasteiger partial charge in [0.05, 0.1) is 0 Å². The third kappa shape index (κ3) is 3.48. The standard InChI is InChI=1S/C15H27N3O3/c1-4-10(2)13(14(19)20)16-15(21)18-9-12-6-5-7-17(12)8-11(18)3/h10-13H,4-9H2,1-3H3,(H,16,21)(H,19,20)/t10?,11?,12?,13-/m0/s1. The lowest BCUT2D eigenvalue weighted by atomic mass is 9.99. The van der Waals surface area contributed by atoms with Crippen molar-refractivity contribution in [2.24, 2.45) is 5.92 Å². The average molecular weight is 297 g/mol. The first kappa shape index (κ1) is 16.1. The van der Waals surface area contributed by atoms with Gasteiger partial charge < -0.3 is 15.3 Å². The highest BCUT2D eigenvalue weighted by atomic mass is 16.4. The molecule has 2 saturated heterocycles. The molecule has 120 valence electrons. The van der Waals surface area contributed by atoms with E-state index in [-0.39, 0.29) is 18.0 Å². The van der Waals surface area contributed by atoms with Crippen LogP contribution in [0.4, 0.5) is 4.79 Å². The Morgan fingerprint density at radius 3 is 2.71 bits per heavy atom. The lowest BCUT2D eigenvalue weighted by Crippen LogP contribution is -2.61. The Kier molecular flexibility index (Phi) is 5.08. The smallest absolute Gasteiger partial charge is 0.326 e. The molecule has 0 saturated carbocycles. The lowest BCUT2D eigenvalue weighted by molar-refractivity contribution is -0.140. The van der Waals surface area contributed by atoms with Gasteiger partial charge in [-0.25, -0.2) is 9.59 Å². The van der Waals surface area contributed by atoms with Gasteiger partial charge in [-0.3, -0.25) is 4.90 Å². The predicted molar refractivity (Wildman–Crippen MR) is 80.2 cm³/mol. The third-order valence-electron chi connectivity index (χ3n) is 4.96. The summed E-state index contributed by atoms with van der Waals surface area (Å²) in [6, 6.07) is -0.470. The SMILES string of the molecule is CCC(C)[C@H](NC(=O)N1CC2CCCN2CC1C)C(=O)O. The molecule has 0 aromatic heterocycles. The molecular formula is C15H27N3O3. The molecule has 2 N–H and O–H groups in total. The zero-order valence-electron chi connectivity index (χ0n) is 13.2. The van der Waals surface area contributed by atoms with E-state index in [2.05, 4.69) is 10.2 Å². The molecule has 2 aliphatic heterocycles. The summed E-state index contributed by atoms with van der Waals surface area (Å²) in [7, 11) is 0. The first-order valence-electron chi connectivity index (χ1n) is 7.98. The zero-order valence-corrected chi connectivity index (χ0v) is 13.2. The van der Waals surface area contributed by atoms with E-state index in [1.807, 2.05) is 25.7 Å². The maximum Gasteiger partial charge on any atom is 0.326 e.